The highest BCUT2D eigenvalue weighted by atomic mass is 35.5. The Bertz CT molecular complexity index is 631. The van der Waals surface area contributed by atoms with E-state index in [1.54, 1.807) is 11.0 Å². The molecule has 2 heterocycles. The maximum Gasteiger partial charge on any atom is 0.254 e. The van der Waals surface area contributed by atoms with Crippen molar-refractivity contribution in [3.8, 4) is 0 Å². The summed E-state index contributed by atoms with van der Waals surface area (Å²) in [4.78, 5) is 18.8. The van der Waals surface area contributed by atoms with Crippen molar-refractivity contribution in [3.63, 3.8) is 0 Å². The number of rotatable bonds is 4. The van der Waals surface area contributed by atoms with E-state index in [-0.39, 0.29) is 18.3 Å². The summed E-state index contributed by atoms with van der Waals surface area (Å²) in [6.45, 7) is 2.16. The second kappa shape index (κ2) is 8.08. The van der Waals surface area contributed by atoms with Crippen molar-refractivity contribution >= 4 is 18.3 Å². The number of hydrogen-bond acceptors (Lipinski definition) is 4. The molecular weight excluding hydrogens is 314 g/mol. The van der Waals surface area contributed by atoms with Crippen molar-refractivity contribution in [2.24, 2.45) is 0 Å². The normalized spacial score (nSPS) is 17.6. The summed E-state index contributed by atoms with van der Waals surface area (Å²) in [5, 5.41) is 7.40. The Morgan fingerprint density at radius 1 is 1.39 bits per heavy atom. The van der Waals surface area contributed by atoms with Crippen LogP contribution in [0.4, 0.5) is 0 Å². The average molecular weight is 336 g/mol. The first-order chi connectivity index (χ1) is 10.8. The van der Waals surface area contributed by atoms with Gasteiger partial charge in [-0.1, -0.05) is 18.2 Å². The van der Waals surface area contributed by atoms with Crippen molar-refractivity contribution in [2.45, 2.75) is 25.4 Å². The summed E-state index contributed by atoms with van der Waals surface area (Å²) in [6.07, 6.45) is 5.34. The second-order valence-corrected chi connectivity index (χ2v) is 5.63. The van der Waals surface area contributed by atoms with E-state index in [9.17, 15) is 4.79 Å². The molecule has 0 radical (unpaired) electrons. The molecule has 3 rings (SSSR count). The van der Waals surface area contributed by atoms with Gasteiger partial charge in [-0.05, 0) is 31.5 Å². The minimum absolute atomic E-state index is 0. The lowest BCUT2D eigenvalue weighted by molar-refractivity contribution is 0.0697. The largest absolute Gasteiger partial charge is 0.337 e. The molecule has 1 aliphatic rings. The zero-order chi connectivity index (χ0) is 15.4. The van der Waals surface area contributed by atoms with E-state index < -0.39 is 0 Å². The standard InChI is InChI=1S/C16H21N5O.ClH/c1-17-14-6-4-8-20(10-14)16(22)15-7-3-2-5-13(15)9-21-12-18-11-19-21;/h2-3,5,7,11-12,14,17H,4,6,8-10H2,1H3;1H. The van der Waals surface area contributed by atoms with Crippen molar-refractivity contribution < 1.29 is 4.79 Å². The van der Waals surface area contributed by atoms with E-state index >= 15 is 0 Å². The zero-order valence-electron chi connectivity index (χ0n) is 13.2. The summed E-state index contributed by atoms with van der Waals surface area (Å²) in [5.41, 5.74) is 1.74. The van der Waals surface area contributed by atoms with Gasteiger partial charge in [-0.15, -0.1) is 12.4 Å². The van der Waals surface area contributed by atoms with Gasteiger partial charge in [-0.25, -0.2) is 9.67 Å². The van der Waals surface area contributed by atoms with Gasteiger partial charge < -0.3 is 10.2 Å². The van der Waals surface area contributed by atoms with Crippen molar-refractivity contribution in [2.75, 3.05) is 20.1 Å². The molecule has 7 heteroatoms. The molecule has 1 atom stereocenters. The molecule has 1 unspecified atom stereocenters. The lowest BCUT2D eigenvalue weighted by Crippen LogP contribution is -2.47. The molecule has 0 saturated carbocycles. The number of likely N-dealkylation sites (N-methyl/N-ethyl adjacent to an activating group) is 1. The monoisotopic (exact) mass is 335 g/mol. The Morgan fingerprint density at radius 3 is 2.96 bits per heavy atom. The van der Waals surface area contributed by atoms with Crippen LogP contribution in [0.3, 0.4) is 0 Å². The van der Waals surface area contributed by atoms with Gasteiger partial charge >= 0.3 is 0 Å². The highest BCUT2D eigenvalue weighted by Crippen LogP contribution is 2.17. The summed E-state index contributed by atoms with van der Waals surface area (Å²) in [6, 6.07) is 8.14. The number of hydrogen-bond donors (Lipinski definition) is 1. The van der Waals surface area contributed by atoms with Crippen LogP contribution in [0.2, 0.25) is 0 Å². The summed E-state index contributed by atoms with van der Waals surface area (Å²) in [7, 11) is 1.96. The Morgan fingerprint density at radius 2 is 2.22 bits per heavy atom. The maximum absolute atomic E-state index is 12.9. The Labute approximate surface area is 142 Å². The number of piperidine rings is 1. The summed E-state index contributed by atoms with van der Waals surface area (Å²) >= 11 is 0. The van der Waals surface area contributed by atoms with Crippen LogP contribution >= 0.6 is 12.4 Å². The minimum Gasteiger partial charge on any atom is -0.337 e. The number of nitrogens with zero attached hydrogens (tertiary/aromatic N) is 4. The number of carbonyl (C=O) groups is 1. The highest BCUT2D eigenvalue weighted by molar-refractivity contribution is 5.95. The van der Waals surface area contributed by atoms with Crippen molar-refractivity contribution in [3.05, 3.63) is 48.0 Å². The molecule has 1 aliphatic heterocycles. The minimum atomic E-state index is 0. The van der Waals surface area contributed by atoms with E-state index in [2.05, 4.69) is 15.4 Å². The summed E-state index contributed by atoms with van der Waals surface area (Å²) in [5.74, 6) is 0.107. The predicted octanol–water partition coefficient (Wildman–Crippen LogP) is 1.57. The van der Waals surface area contributed by atoms with E-state index in [0.717, 1.165) is 37.1 Å². The van der Waals surface area contributed by atoms with Crippen LogP contribution < -0.4 is 5.32 Å². The second-order valence-electron chi connectivity index (χ2n) is 5.63. The van der Waals surface area contributed by atoms with Gasteiger partial charge in [0.1, 0.15) is 12.7 Å². The van der Waals surface area contributed by atoms with E-state index in [1.165, 1.54) is 6.33 Å². The first kappa shape index (κ1) is 17.4. The van der Waals surface area contributed by atoms with Crippen LogP contribution in [0.25, 0.3) is 0 Å². The number of carbonyl (C=O) groups excluding carboxylic acids is 1. The SMILES string of the molecule is CNC1CCCN(C(=O)c2ccccc2Cn2cncn2)C1.Cl. The van der Waals surface area contributed by atoms with Crippen LogP contribution in [0.5, 0.6) is 0 Å². The molecule has 2 aromatic rings. The van der Waals surface area contributed by atoms with Crippen LogP contribution in [-0.2, 0) is 6.54 Å². The first-order valence-corrected chi connectivity index (χ1v) is 7.65. The third-order valence-corrected chi connectivity index (χ3v) is 4.16. The van der Waals surface area contributed by atoms with Gasteiger partial charge in [-0.3, -0.25) is 4.79 Å². The molecule has 0 aliphatic carbocycles. The molecular formula is C16H22ClN5O. The lowest BCUT2D eigenvalue weighted by Gasteiger charge is -2.33. The van der Waals surface area contributed by atoms with Crippen LogP contribution in [0.1, 0.15) is 28.8 Å². The van der Waals surface area contributed by atoms with Gasteiger partial charge in [0.2, 0.25) is 0 Å². The van der Waals surface area contributed by atoms with Gasteiger partial charge in [-0.2, -0.15) is 5.10 Å². The molecule has 0 bridgehead atoms. The molecule has 0 spiro atoms. The molecule has 1 saturated heterocycles. The van der Waals surface area contributed by atoms with Gasteiger partial charge in [0.15, 0.2) is 0 Å². The van der Waals surface area contributed by atoms with E-state index in [1.807, 2.05) is 36.2 Å². The average Bonchev–Trinajstić information content (AvgIpc) is 3.08. The quantitative estimate of drug-likeness (QED) is 0.921. The first-order valence-electron chi connectivity index (χ1n) is 7.65. The van der Waals surface area contributed by atoms with Crippen LogP contribution in [0.15, 0.2) is 36.9 Å². The molecule has 1 aromatic carbocycles. The lowest BCUT2D eigenvalue weighted by atomic mass is 10.0. The van der Waals surface area contributed by atoms with E-state index in [4.69, 9.17) is 0 Å². The number of nitrogens with one attached hydrogen (secondary N) is 1. The molecule has 1 amide bonds. The molecule has 1 fully saturated rings. The third-order valence-electron chi connectivity index (χ3n) is 4.16. The molecule has 23 heavy (non-hydrogen) atoms. The molecule has 1 N–H and O–H groups in total. The fraction of sp³-hybridized carbons (Fsp3) is 0.438. The maximum atomic E-state index is 12.9. The third kappa shape index (κ3) is 4.09. The Balaban J connectivity index is 0.00000192. The fourth-order valence-electron chi connectivity index (χ4n) is 2.92. The smallest absolute Gasteiger partial charge is 0.254 e. The Hall–Kier alpha value is -1.92. The predicted molar refractivity (Wildman–Crippen MR) is 90.8 cm³/mol. The van der Waals surface area contributed by atoms with Crippen molar-refractivity contribution in [1.82, 2.24) is 25.0 Å². The number of benzene rings is 1. The fourth-order valence-corrected chi connectivity index (χ4v) is 2.92. The van der Waals surface area contributed by atoms with Gasteiger partial charge in [0.25, 0.3) is 5.91 Å². The molecule has 124 valence electrons. The van der Waals surface area contributed by atoms with Crippen molar-refractivity contribution in [1.29, 1.82) is 0 Å². The van der Waals surface area contributed by atoms with Crippen LogP contribution in [-0.4, -0.2) is 51.8 Å². The van der Waals surface area contributed by atoms with Crippen LogP contribution in [0, 0.1) is 0 Å². The topological polar surface area (TPSA) is 63.1 Å². The number of halogens is 1. The zero-order valence-corrected chi connectivity index (χ0v) is 14.0. The molecule has 1 aromatic heterocycles. The number of aromatic nitrogens is 3. The highest BCUT2D eigenvalue weighted by Gasteiger charge is 2.24. The van der Waals surface area contributed by atoms with E-state index in [0.29, 0.717) is 12.6 Å². The molecule has 6 nitrogen and oxygen atoms in total. The van der Waals surface area contributed by atoms with Gasteiger partial charge in [0.05, 0.1) is 6.54 Å². The number of amides is 1. The number of likely N-dealkylation sites (tertiary alicyclic amines) is 1. The van der Waals surface area contributed by atoms with Gasteiger partial charge in [0, 0.05) is 24.7 Å². The summed E-state index contributed by atoms with van der Waals surface area (Å²) < 4.78 is 1.73. The Kier molecular flexibility index (Phi) is 6.12.